The summed E-state index contributed by atoms with van der Waals surface area (Å²) in [5.41, 5.74) is 0. The van der Waals surface area contributed by atoms with E-state index in [1.165, 1.54) is 0 Å². The average Bonchev–Trinajstić information content (AvgIpc) is 1.61. The van der Waals surface area contributed by atoms with Crippen molar-refractivity contribution in [3.8, 4) is 0 Å². The van der Waals surface area contributed by atoms with Crippen molar-refractivity contribution in [3.05, 3.63) is 0 Å². The summed E-state index contributed by atoms with van der Waals surface area (Å²) in [7, 11) is 0. The van der Waals surface area contributed by atoms with Gasteiger partial charge in [0.1, 0.15) is 0 Å². The van der Waals surface area contributed by atoms with E-state index in [2.05, 4.69) is 0 Å². The van der Waals surface area contributed by atoms with Crippen molar-refractivity contribution in [1.82, 2.24) is 0 Å². The monoisotopic (exact) mass is 122 g/mol. The molecule has 0 fully saturated rings. The third-order valence-corrected chi connectivity index (χ3v) is 0.566. The third kappa shape index (κ3) is 10.7. The standard InChI is InChI=1S/C4H10O2.H4Si/c5-3-1-2-4-6;/h5-6H,1-4H2;1H4. The molecular weight excluding hydrogens is 108 g/mol. The molecule has 0 unspecified atom stereocenters. The van der Waals surface area contributed by atoms with Gasteiger partial charge in [0.05, 0.1) is 0 Å². The van der Waals surface area contributed by atoms with Gasteiger partial charge in [-0.25, -0.2) is 0 Å². The minimum absolute atomic E-state index is 0. The van der Waals surface area contributed by atoms with E-state index in [4.69, 9.17) is 10.2 Å². The fourth-order valence-corrected chi connectivity index (χ4v) is 0.224. The van der Waals surface area contributed by atoms with Crippen molar-refractivity contribution in [2.45, 2.75) is 12.8 Å². The van der Waals surface area contributed by atoms with E-state index in [0.29, 0.717) is 0 Å². The molecule has 0 heterocycles. The highest BCUT2D eigenvalue weighted by molar-refractivity contribution is 5.75. The second-order valence-corrected chi connectivity index (χ2v) is 1.15. The number of aliphatic hydroxyl groups excluding tert-OH is 2. The van der Waals surface area contributed by atoms with E-state index in [1.54, 1.807) is 0 Å². The van der Waals surface area contributed by atoms with Gasteiger partial charge in [-0.2, -0.15) is 0 Å². The topological polar surface area (TPSA) is 40.5 Å². The fraction of sp³-hybridized carbons (Fsp3) is 1.00. The van der Waals surface area contributed by atoms with Gasteiger partial charge in [0.15, 0.2) is 0 Å². The summed E-state index contributed by atoms with van der Waals surface area (Å²) in [4.78, 5) is 0. The second kappa shape index (κ2) is 9.46. The van der Waals surface area contributed by atoms with Gasteiger partial charge in [-0.15, -0.1) is 0 Å². The lowest BCUT2D eigenvalue weighted by atomic mass is 10.3. The van der Waals surface area contributed by atoms with Crippen LogP contribution >= 0.6 is 0 Å². The summed E-state index contributed by atoms with van der Waals surface area (Å²) < 4.78 is 0. The Hall–Kier alpha value is 0.137. The van der Waals surface area contributed by atoms with Crippen molar-refractivity contribution in [1.29, 1.82) is 0 Å². The van der Waals surface area contributed by atoms with E-state index in [-0.39, 0.29) is 24.2 Å². The fourth-order valence-electron chi connectivity index (χ4n) is 0.224. The van der Waals surface area contributed by atoms with Gasteiger partial charge < -0.3 is 10.2 Å². The molecule has 0 aliphatic rings. The van der Waals surface area contributed by atoms with Crippen molar-refractivity contribution >= 4 is 11.0 Å². The van der Waals surface area contributed by atoms with E-state index >= 15 is 0 Å². The number of rotatable bonds is 3. The maximum Gasteiger partial charge on any atom is 0.0431 e. The Bertz CT molecular complexity index is 21.7. The number of hydrogen-bond acceptors (Lipinski definition) is 2. The zero-order chi connectivity index (χ0) is 4.83. The SMILES string of the molecule is OCCCCO.[SiH4]. The minimum Gasteiger partial charge on any atom is -0.396 e. The number of unbranched alkanes of at least 4 members (excludes halogenated alkanes) is 1. The van der Waals surface area contributed by atoms with Crippen LogP contribution in [-0.2, 0) is 0 Å². The van der Waals surface area contributed by atoms with Crippen LogP contribution in [0.25, 0.3) is 0 Å². The Morgan fingerprint density at radius 3 is 1.29 bits per heavy atom. The molecule has 0 atom stereocenters. The van der Waals surface area contributed by atoms with Crippen LogP contribution in [0.3, 0.4) is 0 Å². The van der Waals surface area contributed by atoms with Crippen LogP contribution in [-0.4, -0.2) is 34.4 Å². The number of hydrogen-bond donors (Lipinski definition) is 2. The molecule has 2 nitrogen and oxygen atoms in total. The molecule has 0 saturated carbocycles. The van der Waals surface area contributed by atoms with Gasteiger partial charge in [0.25, 0.3) is 0 Å². The molecule has 46 valence electrons. The van der Waals surface area contributed by atoms with Crippen molar-refractivity contribution < 1.29 is 10.2 Å². The summed E-state index contributed by atoms with van der Waals surface area (Å²) in [5.74, 6) is 0. The summed E-state index contributed by atoms with van der Waals surface area (Å²) >= 11 is 0. The molecule has 0 aromatic rings. The first-order valence-corrected chi connectivity index (χ1v) is 2.13. The van der Waals surface area contributed by atoms with E-state index < -0.39 is 0 Å². The highest BCUT2D eigenvalue weighted by atomic mass is 28.1. The van der Waals surface area contributed by atoms with Crippen LogP contribution in [0.2, 0.25) is 0 Å². The van der Waals surface area contributed by atoms with Gasteiger partial charge in [0.2, 0.25) is 0 Å². The van der Waals surface area contributed by atoms with Crippen molar-refractivity contribution in [2.24, 2.45) is 0 Å². The Labute approximate surface area is 48.2 Å². The maximum atomic E-state index is 8.09. The summed E-state index contributed by atoms with van der Waals surface area (Å²) in [6, 6.07) is 0. The smallest absolute Gasteiger partial charge is 0.0431 e. The minimum atomic E-state index is 0. The van der Waals surface area contributed by atoms with Crippen LogP contribution in [0.4, 0.5) is 0 Å². The lowest BCUT2D eigenvalue weighted by Gasteiger charge is -1.85. The van der Waals surface area contributed by atoms with Crippen LogP contribution < -0.4 is 0 Å². The predicted molar refractivity (Wildman–Crippen MR) is 34.7 cm³/mol. The van der Waals surface area contributed by atoms with Gasteiger partial charge in [0, 0.05) is 13.2 Å². The quantitative estimate of drug-likeness (QED) is 0.346. The normalized spacial score (nSPS) is 7.71. The first-order chi connectivity index (χ1) is 2.91. The Kier molecular flexibility index (Phi) is 13.8. The van der Waals surface area contributed by atoms with Crippen LogP contribution in [0, 0.1) is 0 Å². The van der Waals surface area contributed by atoms with Crippen molar-refractivity contribution in [2.75, 3.05) is 13.2 Å². The van der Waals surface area contributed by atoms with Crippen LogP contribution in [0.15, 0.2) is 0 Å². The summed E-state index contributed by atoms with van der Waals surface area (Å²) in [6.45, 7) is 0.390. The molecule has 0 saturated heterocycles. The maximum absolute atomic E-state index is 8.09. The van der Waals surface area contributed by atoms with E-state index in [9.17, 15) is 0 Å². The lowest BCUT2D eigenvalue weighted by Crippen LogP contribution is -1.85. The molecule has 0 amide bonds. The first kappa shape index (κ1) is 10.2. The average molecular weight is 122 g/mol. The van der Waals surface area contributed by atoms with Gasteiger partial charge in [-0.1, -0.05) is 0 Å². The molecule has 3 heteroatoms. The Morgan fingerprint density at radius 1 is 0.857 bits per heavy atom. The first-order valence-electron chi connectivity index (χ1n) is 2.13. The molecule has 0 aliphatic heterocycles. The molecular formula is C4H14O2Si. The van der Waals surface area contributed by atoms with Crippen LogP contribution in [0.1, 0.15) is 12.8 Å². The molecule has 2 N–H and O–H groups in total. The zero-order valence-corrected chi connectivity index (χ0v) is 3.72. The third-order valence-electron chi connectivity index (χ3n) is 0.566. The highest BCUT2D eigenvalue weighted by Gasteiger charge is 1.77. The molecule has 7 heavy (non-hydrogen) atoms. The molecule has 0 bridgehead atoms. The molecule has 0 radical (unpaired) electrons. The van der Waals surface area contributed by atoms with Crippen molar-refractivity contribution in [3.63, 3.8) is 0 Å². The number of aliphatic hydroxyl groups is 2. The molecule has 0 aliphatic carbocycles. The molecule has 0 aromatic heterocycles. The largest absolute Gasteiger partial charge is 0.396 e. The highest BCUT2D eigenvalue weighted by Crippen LogP contribution is 1.80. The zero-order valence-electron chi connectivity index (χ0n) is 3.72. The Balaban J connectivity index is 0. The van der Waals surface area contributed by atoms with Gasteiger partial charge in [-0.05, 0) is 23.8 Å². The second-order valence-electron chi connectivity index (χ2n) is 1.15. The summed E-state index contributed by atoms with van der Waals surface area (Å²) in [5, 5.41) is 16.2. The molecule has 0 rings (SSSR count). The predicted octanol–water partition coefficient (Wildman–Crippen LogP) is -1.70. The van der Waals surface area contributed by atoms with Gasteiger partial charge in [-0.3, -0.25) is 0 Å². The Morgan fingerprint density at radius 2 is 1.14 bits per heavy atom. The van der Waals surface area contributed by atoms with E-state index in [0.717, 1.165) is 12.8 Å². The van der Waals surface area contributed by atoms with Crippen LogP contribution in [0.5, 0.6) is 0 Å². The lowest BCUT2D eigenvalue weighted by molar-refractivity contribution is 0.242. The summed E-state index contributed by atoms with van der Waals surface area (Å²) in [6.07, 6.45) is 1.44. The van der Waals surface area contributed by atoms with Gasteiger partial charge >= 0.3 is 0 Å². The molecule has 0 aromatic carbocycles. The molecule has 0 spiro atoms. The van der Waals surface area contributed by atoms with E-state index in [1.807, 2.05) is 0 Å².